The number of nitrogens with one attached hydrogen (secondary N) is 1. The number of fused-ring (bicyclic) bond motifs is 1. The Balaban J connectivity index is 1.43. The lowest BCUT2D eigenvalue weighted by Crippen LogP contribution is -2.62. The fourth-order valence-corrected chi connectivity index (χ4v) is 6.32. The van der Waals surface area contributed by atoms with Crippen LogP contribution in [0.5, 0.6) is 0 Å². The Kier molecular flexibility index (Phi) is 7.47. The molecule has 194 valence electrons. The molecule has 1 aliphatic heterocycles. The number of rotatable bonds is 6. The Morgan fingerprint density at radius 3 is 2.57 bits per heavy atom. The van der Waals surface area contributed by atoms with Crippen molar-refractivity contribution in [3.05, 3.63) is 53.1 Å². The van der Waals surface area contributed by atoms with E-state index in [-0.39, 0.29) is 17.1 Å². The average molecular weight is 520 g/mol. The van der Waals surface area contributed by atoms with Crippen molar-refractivity contribution in [3.8, 4) is 11.9 Å². The fourth-order valence-electron chi connectivity index (χ4n) is 6.04. The van der Waals surface area contributed by atoms with Gasteiger partial charge in [-0.25, -0.2) is 9.97 Å². The number of nitrogens with zero attached hydrogens (tertiary/aromatic N) is 6. The van der Waals surface area contributed by atoms with Crippen molar-refractivity contribution < 1.29 is 4.79 Å². The molecule has 0 atom stereocenters. The number of amides is 1. The van der Waals surface area contributed by atoms with Gasteiger partial charge in [-0.2, -0.15) is 5.26 Å². The van der Waals surface area contributed by atoms with Gasteiger partial charge in [-0.1, -0.05) is 36.9 Å². The summed E-state index contributed by atoms with van der Waals surface area (Å²) < 4.78 is 1.74. The SMILES string of the molecule is CC(C)N1CCN(C2(CNC(=O)c3cn(-c4nccnc4C#N)c4cccc(Cl)c34)CCCCC2)CC1. The lowest BCUT2D eigenvalue weighted by atomic mass is 9.79. The monoisotopic (exact) mass is 519 g/mol. The number of benzene rings is 1. The van der Waals surface area contributed by atoms with Crippen LogP contribution in [0.2, 0.25) is 5.02 Å². The topological polar surface area (TPSA) is 90.1 Å². The van der Waals surface area contributed by atoms with Crippen LogP contribution in [0.15, 0.2) is 36.8 Å². The minimum absolute atomic E-state index is 0.0158. The number of aromatic nitrogens is 3. The van der Waals surface area contributed by atoms with Gasteiger partial charge >= 0.3 is 0 Å². The molecule has 3 heterocycles. The molecule has 2 aliphatic rings. The zero-order valence-corrected chi connectivity index (χ0v) is 22.3. The van der Waals surface area contributed by atoms with E-state index in [0.717, 1.165) is 39.0 Å². The second-order valence-corrected chi connectivity index (χ2v) is 10.9. The van der Waals surface area contributed by atoms with Gasteiger partial charge in [-0.15, -0.1) is 0 Å². The van der Waals surface area contributed by atoms with E-state index in [4.69, 9.17) is 11.6 Å². The Labute approximate surface area is 223 Å². The standard InChI is InChI=1S/C28H34ClN7O/c1-20(2)34-13-15-35(16-14-34)28(9-4-3-5-10-28)19-33-27(37)21-18-36(24-8-6-7-22(29)25(21)24)26-23(17-30)31-11-12-32-26/h6-8,11-12,18,20H,3-5,9-10,13-16,19H2,1-2H3,(H,33,37). The predicted octanol–water partition coefficient (Wildman–Crippen LogP) is 4.40. The van der Waals surface area contributed by atoms with Gasteiger partial charge in [0.2, 0.25) is 0 Å². The minimum atomic E-state index is -0.162. The molecule has 1 aromatic carbocycles. The number of hydrogen-bond donors (Lipinski definition) is 1. The summed E-state index contributed by atoms with van der Waals surface area (Å²) in [6.07, 6.45) is 10.6. The van der Waals surface area contributed by atoms with Crippen molar-refractivity contribution in [2.45, 2.75) is 57.5 Å². The Bertz CT molecular complexity index is 1310. The highest BCUT2D eigenvalue weighted by molar-refractivity contribution is 6.37. The molecule has 0 bridgehead atoms. The van der Waals surface area contributed by atoms with Crippen molar-refractivity contribution in [1.29, 1.82) is 5.26 Å². The summed E-state index contributed by atoms with van der Waals surface area (Å²) in [5, 5.41) is 14.0. The molecule has 2 fully saturated rings. The summed E-state index contributed by atoms with van der Waals surface area (Å²) >= 11 is 6.61. The summed E-state index contributed by atoms with van der Waals surface area (Å²) in [4.78, 5) is 27.4. The van der Waals surface area contributed by atoms with Gasteiger partial charge in [0.25, 0.3) is 5.91 Å². The highest BCUT2D eigenvalue weighted by Crippen LogP contribution is 2.35. The van der Waals surface area contributed by atoms with Crippen molar-refractivity contribution in [3.63, 3.8) is 0 Å². The molecule has 0 radical (unpaired) electrons. The molecule has 1 saturated heterocycles. The van der Waals surface area contributed by atoms with E-state index in [1.165, 1.54) is 31.7 Å². The van der Waals surface area contributed by atoms with E-state index in [0.29, 0.717) is 39.9 Å². The summed E-state index contributed by atoms with van der Waals surface area (Å²) in [7, 11) is 0. The summed E-state index contributed by atoms with van der Waals surface area (Å²) in [5.41, 5.74) is 1.36. The number of hydrogen-bond acceptors (Lipinski definition) is 6. The first-order valence-electron chi connectivity index (χ1n) is 13.2. The lowest BCUT2D eigenvalue weighted by molar-refractivity contribution is 0.000839. The third kappa shape index (κ3) is 4.96. The first kappa shape index (κ1) is 25.7. The fraction of sp³-hybridized carbons (Fsp3) is 0.500. The number of piperazine rings is 1. The first-order valence-corrected chi connectivity index (χ1v) is 13.6. The minimum Gasteiger partial charge on any atom is -0.350 e. The maximum atomic E-state index is 13.7. The lowest BCUT2D eigenvalue weighted by Gasteiger charge is -2.50. The average Bonchev–Trinajstić information content (AvgIpc) is 3.33. The van der Waals surface area contributed by atoms with Crippen LogP contribution in [0.3, 0.4) is 0 Å². The van der Waals surface area contributed by atoms with E-state index in [1.54, 1.807) is 16.8 Å². The van der Waals surface area contributed by atoms with E-state index in [9.17, 15) is 10.1 Å². The molecular formula is C28H34ClN7O. The normalized spacial score (nSPS) is 18.7. The molecule has 1 aliphatic carbocycles. The molecule has 0 spiro atoms. The number of halogens is 1. The van der Waals surface area contributed by atoms with Gasteiger partial charge in [0.15, 0.2) is 11.5 Å². The van der Waals surface area contributed by atoms with E-state index >= 15 is 0 Å². The van der Waals surface area contributed by atoms with Crippen LogP contribution in [-0.2, 0) is 0 Å². The second-order valence-electron chi connectivity index (χ2n) is 10.5. The van der Waals surface area contributed by atoms with Gasteiger partial charge in [0, 0.05) is 68.3 Å². The zero-order chi connectivity index (χ0) is 26.0. The molecule has 8 nitrogen and oxygen atoms in total. The van der Waals surface area contributed by atoms with E-state index in [2.05, 4.69) is 45.0 Å². The number of carbonyl (C=O) groups excluding carboxylic acids is 1. The van der Waals surface area contributed by atoms with Crippen LogP contribution in [-0.4, -0.2) is 74.5 Å². The predicted molar refractivity (Wildman–Crippen MR) is 145 cm³/mol. The van der Waals surface area contributed by atoms with Crippen LogP contribution in [0.4, 0.5) is 0 Å². The van der Waals surface area contributed by atoms with Crippen LogP contribution >= 0.6 is 11.6 Å². The first-order chi connectivity index (χ1) is 17.9. The Hall–Kier alpha value is -2.99. The van der Waals surface area contributed by atoms with Gasteiger partial charge in [0.1, 0.15) is 6.07 Å². The quantitative estimate of drug-likeness (QED) is 0.519. The zero-order valence-electron chi connectivity index (χ0n) is 21.6. The highest BCUT2D eigenvalue weighted by Gasteiger charge is 2.40. The molecule has 9 heteroatoms. The molecule has 37 heavy (non-hydrogen) atoms. The Morgan fingerprint density at radius 1 is 1.14 bits per heavy atom. The maximum Gasteiger partial charge on any atom is 0.253 e. The van der Waals surface area contributed by atoms with Crippen LogP contribution in [0.25, 0.3) is 16.7 Å². The molecule has 0 unspecified atom stereocenters. The summed E-state index contributed by atoms with van der Waals surface area (Å²) in [6, 6.07) is 8.15. The van der Waals surface area contributed by atoms with Gasteiger partial charge in [0.05, 0.1) is 16.1 Å². The highest BCUT2D eigenvalue weighted by atomic mass is 35.5. The molecular weight excluding hydrogens is 486 g/mol. The Morgan fingerprint density at radius 2 is 1.86 bits per heavy atom. The third-order valence-electron chi connectivity index (χ3n) is 8.11. The van der Waals surface area contributed by atoms with E-state index in [1.807, 2.05) is 12.1 Å². The largest absolute Gasteiger partial charge is 0.350 e. The molecule has 1 saturated carbocycles. The summed E-state index contributed by atoms with van der Waals surface area (Å²) in [5.74, 6) is 0.216. The van der Waals surface area contributed by atoms with Crippen LogP contribution < -0.4 is 5.32 Å². The molecule has 3 aromatic rings. The van der Waals surface area contributed by atoms with Crippen molar-refractivity contribution in [2.75, 3.05) is 32.7 Å². The van der Waals surface area contributed by atoms with Crippen molar-refractivity contribution in [2.24, 2.45) is 0 Å². The van der Waals surface area contributed by atoms with Crippen molar-refractivity contribution >= 4 is 28.4 Å². The molecule has 1 amide bonds. The van der Waals surface area contributed by atoms with Gasteiger partial charge < -0.3 is 5.32 Å². The van der Waals surface area contributed by atoms with Crippen LogP contribution in [0, 0.1) is 11.3 Å². The third-order valence-corrected chi connectivity index (χ3v) is 8.43. The number of nitriles is 1. The molecule has 2 aromatic heterocycles. The maximum absolute atomic E-state index is 13.7. The summed E-state index contributed by atoms with van der Waals surface area (Å²) in [6.45, 7) is 9.32. The molecule has 1 N–H and O–H groups in total. The number of carbonyl (C=O) groups is 1. The van der Waals surface area contributed by atoms with Crippen LogP contribution in [0.1, 0.15) is 62.0 Å². The molecule has 5 rings (SSSR count). The van der Waals surface area contributed by atoms with Gasteiger partial charge in [-0.3, -0.25) is 19.2 Å². The van der Waals surface area contributed by atoms with Crippen molar-refractivity contribution in [1.82, 2.24) is 29.7 Å². The van der Waals surface area contributed by atoms with E-state index < -0.39 is 0 Å². The van der Waals surface area contributed by atoms with Gasteiger partial charge in [-0.05, 0) is 38.8 Å². The second kappa shape index (κ2) is 10.8. The smallest absolute Gasteiger partial charge is 0.253 e.